The number of amides is 2. The summed E-state index contributed by atoms with van der Waals surface area (Å²) in [5, 5.41) is 0.738. The molecule has 140 valence electrons. The SMILES string of the molecule is CC(C)CC(=O)NNC(=O)CSCc1nc2sc3c(c2c(=O)[nH]1)CCC3. The van der Waals surface area contributed by atoms with Gasteiger partial charge < -0.3 is 4.98 Å². The Labute approximate surface area is 159 Å². The number of carbonyl (C=O) groups excluding carboxylic acids is 2. The molecule has 26 heavy (non-hydrogen) atoms. The van der Waals surface area contributed by atoms with E-state index in [0.717, 1.165) is 35.0 Å². The van der Waals surface area contributed by atoms with Crippen LogP contribution in [0.25, 0.3) is 10.2 Å². The smallest absolute Gasteiger partial charge is 0.259 e. The maximum Gasteiger partial charge on any atom is 0.259 e. The van der Waals surface area contributed by atoms with Crippen LogP contribution in [0.15, 0.2) is 4.79 Å². The number of hydrazine groups is 1. The first-order valence-electron chi connectivity index (χ1n) is 8.63. The lowest BCUT2D eigenvalue weighted by atomic mass is 10.1. The van der Waals surface area contributed by atoms with Gasteiger partial charge in [0.2, 0.25) is 11.8 Å². The fourth-order valence-corrected chi connectivity index (χ4v) is 4.92. The first-order valence-corrected chi connectivity index (χ1v) is 10.6. The fourth-order valence-electron chi connectivity index (χ4n) is 2.95. The molecule has 1 aliphatic carbocycles. The summed E-state index contributed by atoms with van der Waals surface area (Å²) in [4.78, 5) is 45.1. The van der Waals surface area contributed by atoms with Gasteiger partial charge in [-0.15, -0.1) is 23.1 Å². The number of aromatic amines is 1. The molecule has 0 atom stereocenters. The number of fused-ring (bicyclic) bond motifs is 3. The van der Waals surface area contributed by atoms with E-state index in [1.807, 2.05) is 13.8 Å². The molecule has 2 amide bonds. The Morgan fingerprint density at radius 3 is 2.81 bits per heavy atom. The molecular weight excluding hydrogens is 372 g/mol. The second-order valence-electron chi connectivity index (χ2n) is 6.74. The molecule has 0 saturated carbocycles. The molecule has 3 rings (SSSR count). The molecule has 0 aromatic carbocycles. The number of H-pyrrole nitrogens is 1. The van der Waals surface area contributed by atoms with E-state index >= 15 is 0 Å². The predicted octanol–water partition coefficient (Wildman–Crippen LogP) is 1.90. The van der Waals surface area contributed by atoms with Crippen molar-refractivity contribution in [3.05, 3.63) is 26.6 Å². The zero-order chi connectivity index (χ0) is 18.7. The van der Waals surface area contributed by atoms with Crippen molar-refractivity contribution in [2.24, 2.45) is 5.92 Å². The van der Waals surface area contributed by atoms with Crippen LogP contribution in [0.5, 0.6) is 0 Å². The number of rotatable bonds is 6. The quantitative estimate of drug-likeness (QED) is 0.649. The molecule has 0 unspecified atom stereocenters. The van der Waals surface area contributed by atoms with Crippen LogP contribution in [-0.2, 0) is 28.2 Å². The molecule has 2 aromatic heterocycles. The Balaban J connectivity index is 1.51. The second-order valence-corrected chi connectivity index (χ2v) is 8.81. The van der Waals surface area contributed by atoms with E-state index in [1.165, 1.54) is 16.6 Å². The Morgan fingerprint density at radius 1 is 1.27 bits per heavy atom. The molecule has 9 heteroatoms. The Hall–Kier alpha value is -1.87. The number of thioether (sulfide) groups is 1. The number of nitrogens with zero attached hydrogens (tertiary/aromatic N) is 1. The Bertz CT molecular complexity index is 888. The molecule has 0 bridgehead atoms. The van der Waals surface area contributed by atoms with Crippen molar-refractivity contribution in [1.29, 1.82) is 0 Å². The number of thiophene rings is 1. The van der Waals surface area contributed by atoms with Gasteiger partial charge in [-0.1, -0.05) is 13.8 Å². The summed E-state index contributed by atoms with van der Waals surface area (Å²) in [5.41, 5.74) is 5.86. The molecular formula is C17H22N4O3S2. The zero-order valence-electron chi connectivity index (χ0n) is 14.8. The van der Waals surface area contributed by atoms with Gasteiger partial charge in [0, 0.05) is 11.3 Å². The number of aromatic nitrogens is 2. The highest BCUT2D eigenvalue weighted by Crippen LogP contribution is 2.34. The largest absolute Gasteiger partial charge is 0.309 e. The van der Waals surface area contributed by atoms with Crippen molar-refractivity contribution in [2.75, 3.05) is 5.75 Å². The average molecular weight is 395 g/mol. The van der Waals surface area contributed by atoms with E-state index < -0.39 is 0 Å². The molecule has 0 aliphatic heterocycles. The van der Waals surface area contributed by atoms with Gasteiger partial charge in [-0.2, -0.15) is 0 Å². The minimum Gasteiger partial charge on any atom is -0.309 e. The first-order chi connectivity index (χ1) is 12.4. The van der Waals surface area contributed by atoms with Crippen LogP contribution < -0.4 is 16.4 Å². The van der Waals surface area contributed by atoms with Crippen LogP contribution in [0.1, 0.15) is 43.0 Å². The number of hydrogen-bond acceptors (Lipinski definition) is 6. The van der Waals surface area contributed by atoms with Gasteiger partial charge in [0.1, 0.15) is 10.7 Å². The second kappa shape index (κ2) is 8.22. The highest BCUT2D eigenvalue weighted by Gasteiger charge is 2.21. The lowest BCUT2D eigenvalue weighted by molar-refractivity contribution is -0.128. The first kappa shape index (κ1) is 18.9. The third-order valence-corrected chi connectivity index (χ3v) is 6.16. The van der Waals surface area contributed by atoms with Gasteiger partial charge in [0.05, 0.1) is 16.9 Å². The van der Waals surface area contributed by atoms with Crippen molar-refractivity contribution in [3.63, 3.8) is 0 Å². The fraction of sp³-hybridized carbons (Fsp3) is 0.529. The summed E-state index contributed by atoms with van der Waals surface area (Å²) < 4.78 is 0. The van der Waals surface area contributed by atoms with Gasteiger partial charge in [-0.05, 0) is 30.7 Å². The molecule has 0 saturated heterocycles. The van der Waals surface area contributed by atoms with Crippen molar-refractivity contribution in [1.82, 2.24) is 20.8 Å². The van der Waals surface area contributed by atoms with Gasteiger partial charge in [-0.3, -0.25) is 25.2 Å². The van der Waals surface area contributed by atoms with Crippen molar-refractivity contribution >= 4 is 45.1 Å². The van der Waals surface area contributed by atoms with Crippen LogP contribution >= 0.6 is 23.1 Å². The van der Waals surface area contributed by atoms with Gasteiger partial charge in [0.25, 0.3) is 5.56 Å². The molecule has 3 N–H and O–H groups in total. The summed E-state index contributed by atoms with van der Waals surface area (Å²) in [6.45, 7) is 3.87. The maximum atomic E-state index is 12.4. The third kappa shape index (κ3) is 4.45. The number of hydrogen-bond donors (Lipinski definition) is 3. The number of carbonyl (C=O) groups is 2. The molecule has 0 radical (unpaired) electrons. The summed E-state index contributed by atoms with van der Waals surface area (Å²) in [6, 6.07) is 0. The number of nitrogens with one attached hydrogen (secondary N) is 3. The van der Waals surface area contributed by atoms with E-state index in [-0.39, 0.29) is 29.0 Å². The Kier molecular flexibility index (Phi) is 5.98. The Morgan fingerprint density at radius 2 is 2.04 bits per heavy atom. The van der Waals surface area contributed by atoms with E-state index in [9.17, 15) is 14.4 Å². The summed E-state index contributed by atoms with van der Waals surface area (Å²) in [6.07, 6.45) is 3.46. The van der Waals surface area contributed by atoms with E-state index in [4.69, 9.17) is 0 Å². The molecule has 0 spiro atoms. The average Bonchev–Trinajstić information content (AvgIpc) is 3.12. The molecule has 2 aromatic rings. The van der Waals surface area contributed by atoms with Gasteiger partial charge in [-0.25, -0.2) is 4.98 Å². The highest BCUT2D eigenvalue weighted by molar-refractivity contribution is 7.99. The summed E-state index contributed by atoms with van der Waals surface area (Å²) >= 11 is 2.94. The van der Waals surface area contributed by atoms with E-state index in [2.05, 4.69) is 20.8 Å². The third-order valence-electron chi connectivity index (χ3n) is 4.03. The molecule has 2 heterocycles. The summed E-state index contributed by atoms with van der Waals surface area (Å²) in [7, 11) is 0. The minimum absolute atomic E-state index is 0.0876. The lowest BCUT2D eigenvalue weighted by Gasteiger charge is -2.08. The standard InChI is InChI=1S/C17H22N4O3S2/c1-9(2)6-13(22)20-21-14(23)8-25-7-12-18-16(24)15-10-4-3-5-11(10)26-17(15)19-12/h9H,3-8H2,1-2H3,(H,20,22)(H,21,23)(H,18,19,24). The molecule has 0 fully saturated rings. The maximum absolute atomic E-state index is 12.4. The van der Waals surface area contributed by atoms with Crippen LogP contribution in [0.4, 0.5) is 0 Å². The highest BCUT2D eigenvalue weighted by atomic mass is 32.2. The predicted molar refractivity (Wildman–Crippen MR) is 104 cm³/mol. The minimum atomic E-state index is -0.286. The van der Waals surface area contributed by atoms with Gasteiger partial charge >= 0.3 is 0 Å². The normalized spacial score (nSPS) is 13.2. The van der Waals surface area contributed by atoms with Crippen LogP contribution in [0, 0.1) is 5.92 Å². The molecule has 7 nitrogen and oxygen atoms in total. The van der Waals surface area contributed by atoms with Crippen LogP contribution in [0.2, 0.25) is 0 Å². The summed E-state index contributed by atoms with van der Waals surface area (Å²) in [5.74, 6) is 0.916. The van der Waals surface area contributed by atoms with Crippen molar-refractivity contribution in [3.8, 4) is 0 Å². The topological polar surface area (TPSA) is 104 Å². The zero-order valence-corrected chi connectivity index (χ0v) is 16.4. The number of aryl methyl sites for hydroxylation is 2. The molecule has 1 aliphatic rings. The monoisotopic (exact) mass is 394 g/mol. The van der Waals surface area contributed by atoms with E-state index in [1.54, 1.807) is 11.3 Å². The van der Waals surface area contributed by atoms with Gasteiger partial charge in [0.15, 0.2) is 0 Å². The van der Waals surface area contributed by atoms with Crippen molar-refractivity contribution in [2.45, 2.75) is 45.3 Å². The van der Waals surface area contributed by atoms with Crippen molar-refractivity contribution < 1.29 is 9.59 Å². The van der Waals surface area contributed by atoms with Crippen LogP contribution in [0.3, 0.4) is 0 Å². The van der Waals surface area contributed by atoms with Crippen LogP contribution in [-0.4, -0.2) is 27.5 Å². The van der Waals surface area contributed by atoms with E-state index in [0.29, 0.717) is 18.0 Å². The lowest BCUT2D eigenvalue weighted by Crippen LogP contribution is -2.42.